The molecule has 150 valence electrons. The van der Waals surface area contributed by atoms with Crippen LogP contribution in [0.15, 0.2) is 40.9 Å². The van der Waals surface area contributed by atoms with E-state index in [0.29, 0.717) is 24.3 Å². The maximum Gasteiger partial charge on any atom is 0.416 e. The van der Waals surface area contributed by atoms with Gasteiger partial charge in [-0.25, -0.2) is 8.78 Å². The second-order valence-electron chi connectivity index (χ2n) is 6.66. The van der Waals surface area contributed by atoms with Gasteiger partial charge in [-0.3, -0.25) is 0 Å². The van der Waals surface area contributed by atoms with Gasteiger partial charge >= 0.3 is 6.18 Å². The number of ether oxygens (including phenoxy) is 1. The van der Waals surface area contributed by atoms with Gasteiger partial charge in [-0.2, -0.15) is 13.2 Å². The van der Waals surface area contributed by atoms with Crippen LogP contribution >= 0.6 is 11.8 Å². The van der Waals surface area contributed by atoms with Crippen LogP contribution in [0.1, 0.15) is 31.7 Å². The van der Waals surface area contributed by atoms with Gasteiger partial charge < -0.3 is 15.9 Å². The van der Waals surface area contributed by atoms with Crippen molar-refractivity contribution in [2.75, 3.05) is 6.61 Å². The molecule has 3 nitrogen and oxygen atoms in total. The summed E-state index contributed by atoms with van der Waals surface area (Å²) in [5.41, 5.74) is 5.09. The average Bonchev–Trinajstić information content (AvgIpc) is 2.53. The molecule has 2 atom stereocenters. The Morgan fingerprint density at radius 3 is 2.78 bits per heavy atom. The van der Waals surface area contributed by atoms with Gasteiger partial charge in [-0.1, -0.05) is 6.07 Å². The minimum Gasteiger partial charge on any atom is -0.400 e. The lowest BCUT2D eigenvalue weighted by Crippen LogP contribution is -2.38. The van der Waals surface area contributed by atoms with E-state index in [2.05, 4.69) is 0 Å². The van der Waals surface area contributed by atoms with Crippen molar-refractivity contribution in [1.82, 2.24) is 0 Å². The smallest absolute Gasteiger partial charge is 0.400 e. The predicted octanol–water partition coefficient (Wildman–Crippen LogP) is 5.25. The molecule has 0 saturated carbocycles. The minimum atomic E-state index is -4.41. The van der Waals surface area contributed by atoms with Crippen LogP contribution in [0.25, 0.3) is 0 Å². The number of hydrogen-bond acceptors (Lipinski definition) is 4. The van der Waals surface area contributed by atoms with Crippen LogP contribution in [0.4, 0.5) is 22.0 Å². The van der Waals surface area contributed by atoms with E-state index in [4.69, 9.17) is 15.9 Å². The van der Waals surface area contributed by atoms with Crippen molar-refractivity contribution >= 4 is 17.5 Å². The molecule has 27 heavy (non-hydrogen) atoms. The Morgan fingerprint density at radius 2 is 2.15 bits per heavy atom. The van der Waals surface area contributed by atoms with Gasteiger partial charge in [0.2, 0.25) is 6.43 Å². The molecule has 2 rings (SSSR count). The van der Waals surface area contributed by atoms with Gasteiger partial charge in [0.25, 0.3) is 0 Å². The van der Waals surface area contributed by atoms with Crippen LogP contribution < -0.4 is 5.73 Å². The third-order valence-electron chi connectivity index (χ3n) is 4.18. The first-order chi connectivity index (χ1) is 12.5. The molecule has 0 amide bonds. The Balaban J connectivity index is 2.10. The zero-order valence-corrected chi connectivity index (χ0v) is 15.5. The maximum atomic E-state index is 12.9. The fourth-order valence-electron chi connectivity index (χ4n) is 2.82. The normalized spacial score (nSPS) is 24.3. The predicted molar refractivity (Wildman–Crippen MR) is 95.3 cm³/mol. The highest BCUT2D eigenvalue weighted by atomic mass is 32.2. The molecule has 1 aromatic rings. The Hall–Kier alpha value is -1.61. The number of nitrogens with two attached hydrogens (primary N) is 1. The highest BCUT2D eigenvalue weighted by molar-refractivity contribution is 8.00. The monoisotopic (exact) mass is 408 g/mol. The molecule has 1 aliphatic heterocycles. The van der Waals surface area contributed by atoms with Crippen molar-refractivity contribution in [2.24, 2.45) is 5.73 Å². The van der Waals surface area contributed by atoms with Crippen molar-refractivity contribution in [3.05, 3.63) is 41.6 Å². The number of thioether (sulfide) groups is 1. The van der Waals surface area contributed by atoms with Gasteiger partial charge in [0, 0.05) is 27.7 Å². The standard InChI is InChI=1S/C18H21F5N2OS/c1-17(27-13-4-2-3-11(7-13)18(21,22)23)5-6-26-15(10-17)14(25)8-12(24)9-16(19)20/h2-4,7-8,15-16,24H,5-6,9-10,25H2,1H3/b14-8-,24-12?. The summed E-state index contributed by atoms with van der Waals surface area (Å²) in [4.78, 5) is 0.487. The quantitative estimate of drug-likeness (QED) is 0.499. The first kappa shape index (κ1) is 21.7. The van der Waals surface area contributed by atoms with Gasteiger partial charge in [-0.15, -0.1) is 11.8 Å². The van der Waals surface area contributed by atoms with Crippen molar-refractivity contribution < 1.29 is 26.7 Å². The Labute approximate surface area is 158 Å². The largest absolute Gasteiger partial charge is 0.416 e. The highest BCUT2D eigenvalue weighted by Crippen LogP contribution is 2.43. The summed E-state index contributed by atoms with van der Waals surface area (Å²) in [5.74, 6) is 0. The lowest BCUT2D eigenvalue weighted by atomic mass is 9.94. The third kappa shape index (κ3) is 6.49. The number of rotatable bonds is 6. The Bertz CT molecular complexity index is 707. The molecule has 0 spiro atoms. The molecular formula is C18H21F5N2OS. The molecule has 1 fully saturated rings. The summed E-state index contributed by atoms with van der Waals surface area (Å²) < 4.78 is 68.5. The first-order valence-electron chi connectivity index (χ1n) is 8.29. The summed E-state index contributed by atoms with van der Waals surface area (Å²) in [6.45, 7) is 2.25. The van der Waals surface area contributed by atoms with Crippen LogP contribution in [0, 0.1) is 5.41 Å². The zero-order valence-electron chi connectivity index (χ0n) is 14.7. The van der Waals surface area contributed by atoms with Crippen LogP contribution in [-0.4, -0.2) is 29.6 Å². The van der Waals surface area contributed by atoms with Gasteiger partial charge in [0.1, 0.15) is 0 Å². The van der Waals surface area contributed by atoms with Crippen molar-refractivity contribution in [1.29, 1.82) is 5.41 Å². The second kappa shape index (κ2) is 8.60. The molecule has 0 bridgehead atoms. The van der Waals surface area contributed by atoms with Crippen molar-refractivity contribution in [3.8, 4) is 0 Å². The van der Waals surface area contributed by atoms with E-state index in [1.165, 1.54) is 23.9 Å². The van der Waals surface area contributed by atoms with E-state index in [1.807, 2.05) is 6.92 Å². The fraction of sp³-hybridized carbons (Fsp3) is 0.500. The third-order valence-corrected chi connectivity index (χ3v) is 5.53. The van der Waals surface area contributed by atoms with E-state index in [-0.39, 0.29) is 11.4 Å². The molecule has 1 heterocycles. The van der Waals surface area contributed by atoms with Crippen molar-refractivity contribution in [3.63, 3.8) is 0 Å². The van der Waals surface area contributed by atoms with Gasteiger partial charge in [0.05, 0.1) is 18.1 Å². The Morgan fingerprint density at radius 1 is 1.44 bits per heavy atom. The fourth-order valence-corrected chi connectivity index (χ4v) is 4.14. The van der Waals surface area contributed by atoms with E-state index in [0.717, 1.165) is 12.1 Å². The number of halogens is 5. The molecule has 1 saturated heterocycles. The molecule has 9 heteroatoms. The van der Waals surface area contributed by atoms with E-state index in [9.17, 15) is 22.0 Å². The molecule has 1 aliphatic rings. The molecule has 2 unspecified atom stereocenters. The molecule has 1 aromatic carbocycles. The maximum absolute atomic E-state index is 12.9. The SMILES string of the molecule is CC1(Sc2cccc(C(F)(F)F)c2)CCOC(/C(N)=C/C(=N)CC(F)F)C1. The number of alkyl halides is 5. The summed E-state index contributed by atoms with van der Waals surface area (Å²) >= 11 is 1.31. The van der Waals surface area contributed by atoms with Crippen LogP contribution in [0.5, 0.6) is 0 Å². The van der Waals surface area contributed by atoms with E-state index >= 15 is 0 Å². The molecular weight excluding hydrogens is 387 g/mol. The molecule has 0 aliphatic carbocycles. The first-order valence-corrected chi connectivity index (χ1v) is 9.11. The van der Waals surface area contributed by atoms with Gasteiger partial charge in [-0.05, 0) is 44.0 Å². The summed E-state index contributed by atoms with van der Waals surface area (Å²) in [6, 6.07) is 5.12. The van der Waals surface area contributed by atoms with Crippen molar-refractivity contribution in [2.45, 2.75) is 54.5 Å². The number of nitrogens with one attached hydrogen (secondary N) is 1. The lowest BCUT2D eigenvalue weighted by Gasteiger charge is -2.38. The number of benzene rings is 1. The highest BCUT2D eigenvalue weighted by Gasteiger charge is 2.36. The summed E-state index contributed by atoms with van der Waals surface area (Å²) in [6.07, 6.45) is -6.12. The summed E-state index contributed by atoms with van der Waals surface area (Å²) in [7, 11) is 0. The second-order valence-corrected chi connectivity index (χ2v) is 8.32. The van der Waals surface area contributed by atoms with Crippen LogP contribution in [0.2, 0.25) is 0 Å². The number of hydrogen-bond donors (Lipinski definition) is 2. The Kier molecular flexibility index (Phi) is 6.91. The van der Waals surface area contributed by atoms with Crippen LogP contribution in [0.3, 0.4) is 0 Å². The topological polar surface area (TPSA) is 59.1 Å². The minimum absolute atomic E-state index is 0.177. The zero-order chi connectivity index (χ0) is 20.2. The molecule has 3 N–H and O–H groups in total. The summed E-state index contributed by atoms with van der Waals surface area (Å²) in [5, 5.41) is 7.52. The molecule has 0 aromatic heterocycles. The number of allylic oxidation sites excluding steroid dienone is 1. The van der Waals surface area contributed by atoms with Crippen LogP contribution in [-0.2, 0) is 10.9 Å². The van der Waals surface area contributed by atoms with Gasteiger partial charge in [0.15, 0.2) is 0 Å². The lowest BCUT2D eigenvalue weighted by molar-refractivity contribution is -0.137. The average molecular weight is 408 g/mol. The van der Waals surface area contributed by atoms with E-state index < -0.39 is 35.4 Å². The van der Waals surface area contributed by atoms with E-state index in [1.54, 1.807) is 6.07 Å². The molecule has 0 radical (unpaired) electrons.